The molecule has 0 N–H and O–H groups in total. The number of benzene rings is 12. The van der Waals surface area contributed by atoms with Gasteiger partial charge in [-0.2, -0.15) is 0 Å². The number of aromatic nitrogens is 3. The van der Waals surface area contributed by atoms with Gasteiger partial charge in [0, 0.05) is 71.9 Å². The van der Waals surface area contributed by atoms with Crippen molar-refractivity contribution in [2.75, 3.05) is 4.90 Å². The fraction of sp³-hybridized carbons (Fsp3) is 0.0400. The molecule has 0 unspecified atom stereocenters. The summed E-state index contributed by atoms with van der Waals surface area (Å²) in [5, 5.41) is 7.39. The van der Waals surface area contributed by atoms with Crippen molar-refractivity contribution in [2.24, 2.45) is 0 Å². The highest BCUT2D eigenvalue weighted by atomic mass is 15.1. The zero-order chi connectivity index (χ0) is 52.3. The molecule has 3 heterocycles. The third kappa shape index (κ3) is 6.81. The number of hydrogen-bond acceptors (Lipinski definition) is 1. The molecule has 0 saturated carbocycles. The van der Waals surface area contributed by atoms with Crippen molar-refractivity contribution in [1.29, 1.82) is 0 Å². The highest BCUT2D eigenvalue weighted by Gasteiger charge is 2.36. The van der Waals surface area contributed by atoms with E-state index >= 15 is 0 Å². The van der Waals surface area contributed by atoms with E-state index < -0.39 is 0 Å². The second-order valence-corrected chi connectivity index (χ2v) is 21.7. The van der Waals surface area contributed by atoms with Crippen LogP contribution in [-0.4, -0.2) is 13.7 Å². The Bertz CT molecular complexity index is 4790. The minimum atomic E-state index is -0.177. The summed E-state index contributed by atoms with van der Waals surface area (Å²) < 4.78 is 7.55. The standard InChI is InChI=1S/C75H52N4/c1-75(2)65-27-15-12-24-59(65)60-43-42-58(48-66(60)75)79-73-61(44-46-69-71(73)63-25-13-16-28-67(63)77(69)53-22-10-5-11-23-53)62-45-47-70-72(74(62)79)64-26-14-17-29-68(64)78(70)57-40-38-56(39-41-57)76(54-34-30-51(31-35-54)49-18-6-3-7-19-49)55-36-32-52(33-37-55)50-20-8-4-9-21-50/h3-48H,1-2H3. The average molecular weight is 1010 g/mol. The normalized spacial score (nSPS) is 12.8. The van der Waals surface area contributed by atoms with Crippen molar-refractivity contribution in [3.63, 3.8) is 0 Å². The first kappa shape index (κ1) is 45.1. The Morgan fingerprint density at radius 2 is 0.684 bits per heavy atom. The molecule has 1 aliphatic rings. The number of hydrogen-bond donors (Lipinski definition) is 0. The first-order valence-corrected chi connectivity index (χ1v) is 27.4. The van der Waals surface area contributed by atoms with Crippen molar-refractivity contribution in [3.8, 4) is 50.4 Å². The summed E-state index contributed by atoms with van der Waals surface area (Å²) in [6, 6.07) is 103. The molecule has 0 saturated heterocycles. The number of rotatable bonds is 8. The van der Waals surface area contributed by atoms with Crippen LogP contribution < -0.4 is 4.90 Å². The minimum Gasteiger partial charge on any atom is -0.311 e. The quantitative estimate of drug-likeness (QED) is 0.148. The highest BCUT2D eigenvalue weighted by Crippen LogP contribution is 2.51. The van der Waals surface area contributed by atoms with E-state index in [1.807, 2.05) is 0 Å². The topological polar surface area (TPSA) is 18.0 Å². The van der Waals surface area contributed by atoms with Gasteiger partial charge >= 0.3 is 0 Å². The number of anilines is 3. The summed E-state index contributed by atoms with van der Waals surface area (Å²) in [5.74, 6) is 0. The van der Waals surface area contributed by atoms with Gasteiger partial charge in [-0.15, -0.1) is 0 Å². The Kier molecular flexibility index (Phi) is 9.95. The van der Waals surface area contributed by atoms with Crippen LogP contribution in [0.5, 0.6) is 0 Å². The smallest absolute Gasteiger partial charge is 0.0641 e. The lowest BCUT2D eigenvalue weighted by Crippen LogP contribution is -2.15. The Morgan fingerprint density at radius 1 is 0.278 bits per heavy atom. The average Bonchev–Trinajstić information content (AvgIpc) is 3.16. The molecule has 0 aliphatic heterocycles. The fourth-order valence-corrected chi connectivity index (χ4v) is 13.4. The molecule has 0 spiro atoms. The van der Waals surface area contributed by atoms with Gasteiger partial charge in [-0.25, -0.2) is 0 Å². The van der Waals surface area contributed by atoms with Crippen LogP contribution in [0.25, 0.3) is 116 Å². The van der Waals surface area contributed by atoms with E-state index in [2.05, 4.69) is 312 Å². The van der Waals surface area contributed by atoms with Crippen LogP contribution >= 0.6 is 0 Å². The maximum atomic E-state index is 2.63. The molecule has 372 valence electrons. The molecule has 3 aromatic heterocycles. The van der Waals surface area contributed by atoms with Gasteiger partial charge in [0.05, 0.1) is 33.1 Å². The second-order valence-electron chi connectivity index (χ2n) is 21.7. The van der Waals surface area contributed by atoms with Gasteiger partial charge in [0.1, 0.15) is 0 Å². The van der Waals surface area contributed by atoms with E-state index in [0.717, 1.165) is 45.2 Å². The van der Waals surface area contributed by atoms with Crippen LogP contribution in [0, 0.1) is 0 Å². The molecular weight excluding hydrogens is 957 g/mol. The minimum absolute atomic E-state index is 0.177. The number of para-hydroxylation sites is 3. The van der Waals surface area contributed by atoms with E-state index in [-0.39, 0.29) is 5.41 Å². The monoisotopic (exact) mass is 1010 g/mol. The highest BCUT2D eigenvalue weighted by molar-refractivity contribution is 6.31. The Hall–Kier alpha value is -10.2. The van der Waals surface area contributed by atoms with Crippen molar-refractivity contribution < 1.29 is 0 Å². The summed E-state index contributed by atoms with van der Waals surface area (Å²) in [6.07, 6.45) is 0. The van der Waals surface area contributed by atoms with Crippen molar-refractivity contribution in [2.45, 2.75) is 19.3 Å². The van der Waals surface area contributed by atoms with Gasteiger partial charge in [0.15, 0.2) is 0 Å². The molecule has 12 aromatic carbocycles. The lowest BCUT2D eigenvalue weighted by Gasteiger charge is -2.26. The summed E-state index contributed by atoms with van der Waals surface area (Å²) >= 11 is 0. The van der Waals surface area contributed by atoms with Crippen LogP contribution in [0.4, 0.5) is 17.1 Å². The predicted molar refractivity (Wildman–Crippen MR) is 333 cm³/mol. The summed E-state index contributed by atoms with van der Waals surface area (Å²) in [4.78, 5) is 2.37. The van der Waals surface area contributed by atoms with Gasteiger partial charge in [-0.3, -0.25) is 0 Å². The van der Waals surface area contributed by atoms with Crippen LogP contribution in [0.15, 0.2) is 279 Å². The molecule has 0 radical (unpaired) electrons. The van der Waals surface area contributed by atoms with Crippen molar-refractivity contribution >= 4 is 82.5 Å². The van der Waals surface area contributed by atoms with E-state index in [4.69, 9.17) is 0 Å². The molecular formula is C75H52N4. The lowest BCUT2D eigenvalue weighted by atomic mass is 9.82. The summed E-state index contributed by atoms with van der Waals surface area (Å²) in [5.41, 5.74) is 23.7. The molecule has 16 rings (SSSR count). The van der Waals surface area contributed by atoms with E-state index in [0.29, 0.717) is 0 Å². The molecule has 15 aromatic rings. The number of fused-ring (bicyclic) bond motifs is 14. The first-order chi connectivity index (χ1) is 39.0. The zero-order valence-electron chi connectivity index (χ0n) is 43.8. The van der Waals surface area contributed by atoms with Crippen LogP contribution in [0.1, 0.15) is 25.0 Å². The molecule has 4 nitrogen and oxygen atoms in total. The van der Waals surface area contributed by atoms with E-state index in [9.17, 15) is 0 Å². The zero-order valence-corrected chi connectivity index (χ0v) is 43.8. The van der Waals surface area contributed by atoms with Gasteiger partial charge in [0.2, 0.25) is 0 Å². The first-order valence-electron chi connectivity index (χ1n) is 27.4. The van der Waals surface area contributed by atoms with E-state index in [1.165, 1.54) is 98.9 Å². The Balaban J connectivity index is 0.923. The lowest BCUT2D eigenvalue weighted by molar-refractivity contribution is 0.660. The van der Waals surface area contributed by atoms with E-state index in [1.54, 1.807) is 0 Å². The van der Waals surface area contributed by atoms with Crippen molar-refractivity contribution in [3.05, 3.63) is 290 Å². The van der Waals surface area contributed by atoms with Gasteiger partial charge < -0.3 is 18.6 Å². The summed E-state index contributed by atoms with van der Waals surface area (Å²) in [6.45, 7) is 4.77. The molecule has 0 fully saturated rings. The van der Waals surface area contributed by atoms with Gasteiger partial charge in [-0.1, -0.05) is 196 Å². The predicted octanol–water partition coefficient (Wildman–Crippen LogP) is 20.1. The number of nitrogens with zero attached hydrogens (tertiary/aromatic N) is 4. The maximum absolute atomic E-state index is 2.63. The third-order valence-electron chi connectivity index (χ3n) is 17.0. The SMILES string of the molecule is CC1(C)c2ccccc2-c2ccc(-n3c4c(ccc5c4c4ccccc4n5-c4ccccc4)c4ccc5c(c6ccccc6n5-c5ccc(N(c6ccc(-c7ccccc7)cc6)c6ccc(-c7ccccc7)cc6)cc5)c43)cc21. The van der Waals surface area contributed by atoms with Crippen LogP contribution in [0.2, 0.25) is 0 Å². The third-order valence-corrected chi connectivity index (χ3v) is 17.0. The molecule has 79 heavy (non-hydrogen) atoms. The van der Waals surface area contributed by atoms with Crippen LogP contribution in [0.3, 0.4) is 0 Å². The van der Waals surface area contributed by atoms with Crippen molar-refractivity contribution in [1.82, 2.24) is 13.7 Å². The molecule has 4 heteroatoms. The second kappa shape index (κ2) is 17.4. The summed E-state index contributed by atoms with van der Waals surface area (Å²) in [7, 11) is 0. The van der Waals surface area contributed by atoms with Gasteiger partial charge in [0.25, 0.3) is 0 Å². The Labute approximate surface area is 458 Å². The molecule has 0 atom stereocenters. The fourth-order valence-electron chi connectivity index (χ4n) is 13.4. The molecule has 0 bridgehead atoms. The molecule has 0 amide bonds. The van der Waals surface area contributed by atoms with Crippen LogP contribution in [-0.2, 0) is 5.41 Å². The Morgan fingerprint density at radius 3 is 1.22 bits per heavy atom. The van der Waals surface area contributed by atoms with Gasteiger partial charge in [-0.05, 0) is 142 Å². The maximum Gasteiger partial charge on any atom is 0.0641 e. The molecule has 1 aliphatic carbocycles. The largest absolute Gasteiger partial charge is 0.311 e.